The lowest BCUT2D eigenvalue weighted by atomic mass is 10.3. The van der Waals surface area contributed by atoms with Crippen LogP contribution in [-0.4, -0.2) is 26.0 Å². The van der Waals surface area contributed by atoms with Gasteiger partial charge in [0.15, 0.2) is 0 Å². The van der Waals surface area contributed by atoms with E-state index in [1.54, 1.807) is 24.0 Å². The number of nitro groups is 1. The molecule has 2 aromatic heterocycles. The molecule has 0 amide bonds. The number of rotatable bonds is 5. The van der Waals surface area contributed by atoms with Gasteiger partial charge in [0, 0.05) is 32.3 Å². The maximum atomic E-state index is 10.9. The van der Waals surface area contributed by atoms with E-state index < -0.39 is 4.92 Å². The van der Waals surface area contributed by atoms with E-state index in [-0.39, 0.29) is 5.82 Å². The number of aromatic nitrogens is 3. The molecule has 96 valence electrons. The third-order valence-corrected chi connectivity index (χ3v) is 3.27. The minimum atomic E-state index is -0.474. The van der Waals surface area contributed by atoms with Crippen molar-refractivity contribution in [2.24, 2.45) is 7.05 Å². The zero-order chi connectivity index (χ0) is 13.1. The lowest BCUT2D eigenvalue weighted by Crippen LogP contribution is -2.10. The molecule has 0 aliphatic rings. The molecule has 0 spiro atoms. The molecular weight excluding hydrogens is 254 g/mol. The first-order chi connectivity index (χ1) is 8.59. The predicted octanol–water partition coefficient (Wildman–Crippen LogP) is 1.75. The van der Waals surface area contributed by atoms with Crippen LogP contribution in [0, 0.1) is 17.0 Å². The maximum absolute atomic E-state index is 10.9. The number of hydrogen-bond donors (Lipinski definition) is 1. The van der Waals surface area contributed by atoms with Gasteiger partial charge in [-0.25, -0.2) is 4.98 Å². The van der Waals surface area contributed by atoms with Gasteiger partial charge in [-0.05, 0) is 9.91 Å². The Morgan fingerprint density at radius 3 is 3.00 bits per heavy atom. The zero-order valence-electron chi connectivity index (χ0n) is 10.1. The van der Waals surface area contributed by atoms with Crippen LogP contribution in [0.3, 0.4) is 0 Å². The van der Waals surface area contributed by atoms with Crippen LogP contribution in [0.25, 0.3) is 0 Å². The SMILES string of the molecule is Cc1nc([N+](=O)[O-])c(NCCc2cscn2)n1C. The second-order valence-corrected chi connectivity index (χ2v) is 4.52. The highest BCUT2D eigenvalue weighted by atomic mass is 32.1. The summed E-state index contributed by atoms with van der Waals surface area (Å²) in [6.07, 6.45) is 0.727. The Labute approximate surface area is 108 Å². The lowest BCUT2D eigenvalue weighted by molar-refractivity contribution is -0.388. The van der Waals surface area contributed by atoms with Crippen LogP contribution in [0.5, 0.6) is 0 Å². The molecule has 0 aromatic carbocycles. The Balaban J connectivity index is 2.06. The molecule has 0 atom stereocenters. The van der Waals surface area contributed by atoms with Crippen LogP contribution in [0.4, 0.5) is 11.6 Å². The Kier molecular flexibility index (Phi) is 3.56. The summed E-state index contributed by atoms with van der Waals surface area (Å²) in [6.45, 7) is 2.32. The highest BCUT2D eigenvalue weighted by molar-refractivity contribution is 7.07. The van der Waals surface area contributed by atoms with E-state index in [1.165, 1.54) is 11.3 Å². The predicted molar refractivity (Wildman–Crippen MR) is 68.9 cm³/mol. The molecule has 0 aliphatic carbocycles. The van der Waals surface area contributed by atoms with E-state index in [9.17, 15) is 10.1 Å². The minimum absolute atomic E-state index is 0.131. The van der Waals surface area contributed by atoms with Crippen LogP contribution in [0.1, 0.15) is 11.5 Å². The number of hydrogen-bond acceptors (Lipinski definition) is 6. The van der Waals surface area contributed by atoms with Crippen molar-refractivity contribution in [2.75, 3.05) is 11.9 Å². The van der Waals surface area contributed by atoms with Gasteiger partial charge in [-0.1, -0.05) is 0 Å². The van der Waals surface area contributed by atoms with Gasteiger partial charge >= 0.3 is 5.82 Å². The summed E-state index contributed by atoms with van der Waals surface area (Å²) in [5.41, 5.74) is 2.75. The van der Waals surface area contributed by atoms with Crippen molar-refractivity contribution >= 4 is 23.0 Å². The van der Waals surface area contributed by atoms with Crippen molar-refractivity contribution in [2.45, 2.75) is 13.3 Å². The van der Waals surface area contributed by atoms with Crippen LogP contribution in [0.2, 0.25) is 0 Å². The van der Waals surface area contributed by atoms with E-state index in [0.29, 0.717) is 18.2 Å². The molecule has 0 fully saturated rings. The topological polar surface area (TPSA) is 85.9 Å². The van der Waals surface area contributed by atoms with Crippen molar-refractivity contribution in [1.82, 2.24) is 14.5 Å². The molecule has 8 heteroatoms. The van der Waals surface area contributed by atoms with Gasteiger partial charge in [0.2, 0.25) is 11.6 Å². The van der Waals surface area contributed by atoms with E-state index in [2.05, 4.69) is 15.3 Å². The van der Waals surface area contributed by atoms with Crippen LogP contribution in [0.15, 0.2) is 10.9 Å². The van der Waals surface area contributed by atoms with Crippen molar-refractivity contribution in [3.63, 3.8) is 0 Å². The van der Waals surface area contributed by atoms with E-state index in [4.69, 9.17) is 0 Å². The molecule has 18 heavy (non-hydrogen) atoms. The van der Waals surface area contributed by atoms with Crippen molar-refractivity contribution in [1.29, 1.82) is 0 Å². The third-order valence-electron chi connectivity index (χ3n) is 2.63. The number of thiazole rings is 1. The smallest absolute Gasteiger partial charge is 0.364 e. The van der Waals surface area contributed by atoms with Crippen molar-refractivity contribution < 1.29 is 4.92 Å². The molecule has 1 N–H and O–H groups in total. The quantitative estimate of drug-likeness (QED) is 0.658. The molecule has 0 bridgehead atoms. The molecule has 0 aliphatic heterocycles. The molecule has 2 aromatic rings. The van der Waals surface area contributed by atoms with Crippen molar-refractivity contribution in [3.05, 3.63) is 32.5 Å². The van der Waals surface area contributed by atoms with Crippen LogP contribution < -0.4 is 5.32 Å². The van der Waals surface area contributed by atoms with Gasteiger partial charge in [0.05, 0.1) is 11.2 Å². The molecule has 0 unspecified atom stereocenters. The maximum Gasteiger partial charge on any atom is 0.406 e. The zero-order valence-corrected chi connectivity index (χ0v) is 10.9. The average Bonchev–Trinajstić information content (AvgIpc) is 2.92. The fourth-order valence-corrected chi connectivity index (χ4v) is 2.18. The number of nitrogens with zero attached hydrogens (tertiary/aromatic N) is 4. The standard InChI is InChI=1S/C10H13N5O2S/c1-7-13-10(15(16)17)9(14(7)2)11-4-3-8-5-18-6-12-8/h5-6,11H,3-4H2,1-2H3. The summed E-state index contributed by atoms with van der Waals surface area (Å²) in [5, 5.41) is 15.9. The van der Waals surface area contributed by atoms with E-state index >= 15 is 0 Å². The Morgan fingerprint density at radius 1 is 1.61 bits per heavy atom. The first-order valence-corrected chi connectivity index (χ1v) is 6.32. The summed E-state index contributed by atoms with van der Waals surface area (Å²) < 4.78 is 1.68. The van der Waals surface area contributed by atoms with Gasteiger partial charge in [-0.3, -0.25) is 4.57 Å². The van der Waals surface area contributed by atoms with Gasteiger partial charge in [0.1, 0.15) is 0 Å². The lowest BCUT2D eigenvalue weighted by Gasteiger charge is -2.05. The monoisotopic (exact) mass is 267 g/mol. The van der Waals surface area contributed by atoms with Gasteiger partial charge in [0.25, 0.3) is 0 Å². The number of aryl methyl sites for hydroxylation is 1. The van der Waals surface area contributed by atoms with E-state index in [0.717, 1.165) is 12.1 Å². The van der Waals surface area contributed by atoms with Gasteiger partial charge in [-0.2, -0.15) is 0 Å². The second-order valence-electron chi connectivity index (χ2n) is 3.80. The average molecular weight is 267 g/mol. The van der Waals surface area contributed by atoms with Crippen LogP contribution >= 0.6 is 11.3 Å². The largest absolute Gasteiger partial charge is 0.406 e. The first kappa shape index (κ1) is 12.5. The molecule has 2 heterocycles. The molecular formula is C10H13N5O2S. The first-order valence-electron chi connectivity index (χ1n) is 5.38. The fraction of sp³-hybridized carbons (Fsp3) is 0.400. The summed E-state index contributed by atoms with van der Waals surface area (Å²) in [6, 6.07) is 0. The highest BCUT2D eigenvalue weighted by Crippen LogP contribution is 2.23. The Morgan fingerprint density at radius 2 is 2.39 bits per heavy atom. The van der Waals surface area contributed by atoms with E-state index in [1.807, 2.05) is 5.38 Å². The molecule has 2 rings (SSSR count). The highest BCUT2D eigenvalue weighted by Gasteiger charge is 2.22. The second kappa shape index (κ2) is 5.13. The number of imidazole rings is 1. The minimum Gasteiger partial charge on any atom is -0.364 e. The molecule has 0 radical (unpaired) electrons. The summed E-state index contributed by atoms with van der Waals surface area (Å²) in [5.74, 6) is 0.916. The van der Waals surface area contributed by atoms with Crippen LogP contribution in [-0.2, 0) is 13.5 Å². The fourth-order valence-electron chi connectivity index (χ4n) is 1.59. The molecule has 0 saturated carbocycles. The third kappa shape index (κ3) is 2.48. The summed E-state index contributed by atoms with van der Waals surface area (Å²) >= 11 is 1.54. The Hall–Kier alpha value is -1.96. The molecule has 7 nitrogen and oxygen atoms in total. The van der Waals surface area contributed by atoms with Gasteiger partial charge < -0.3 is 15.4 Å². The van der Waals surface area contributed by atoms with Gasteiger partial charge in [-0.15, -0.1) is 11.3 Å². The number of anilines is 1. The number of nitrogens with one attached hydrogen (secondary N) is 1. The summed E-state index contributed by atoms with van der Waals surface area (Å²) in [7, 11) is 1.75. The Bertz CT molecular complexity index is 549. The van der Waals surface area contributed by atoms with Crippen molar-refractivity contribution in [3.8, 4) is 0 Å². The molecule has 0 saturated heterocycles. The summed E-state index contributed by atoms with van der Waals surface area (Å²) in [4.78, 5) is 18.5. The normalized spacial score (nSPS) is 10.6.